The molecule has 1 aromatic rings. The maximum absolute atomic E-state index is 12.6. The molecule has 0 heterocycles. The van der Waals surface area contributed by atoms with Gasteiger partial charge in [-0.2, -0.15) is 13.2 Å². The standard InChI is InChI=1S/C13H15F3N2O5S/c1-23-12(5-2-6-12)8-17-10-4-3-9(7-11(10)18(19)20)24(21,22)13(14,15)16/h3-4,7,17H,2,5-6,8H2,1H3. The summed E-state index contributed by atoms with van der Waals surface area (Å²) in [7, 11) is -4.14. The van der Waals surface area contributed by atoms with Gasteiger partial charge < -0.3 is 10.1 Å². The number of rotatable bonds is 6. The van der Waals surface area contributed by atoms with E-state index in [1.165, 1.54) is 7.11 Å². The Hall–Kier alpha value is -1.88. The lowest BCUT2D eigenvalue weighted by molar-refractivity contribution is -0.384. The van der Waals surface area contributed by atoms with E-state index in [0.717, 1.165) is 25.3 Å². The van der Waals surface area contributed by atoms with E-state index < -0.39 is 36.5 Å². The van der Waals surface area contributed by atoms with E-state index in [4.69, 9.17) is 4.74 Å². The summed E-state index contributed by atoms with van der Waals surface area (Å²) in [6.45, 7) is 0.232. The second-order valence-corrected chi connectivity index (χ2v) is 7.42. The van der Waals surface area contributed by atoms with Crippen molar-refractivity contribution in [3.05, 3.63) is 28.3 Å². The molecule has 0 saturated heterocycles. The van der Waals surface area contributed by atoms with E-state index in [0.29, 0.717) is 12.1 Å². The number of alkyl halides is 3. The van der Waals surface area contributed by atoms with Crippen molar-refractivity contribution >= 4 is 21.2 Å². The van der Waals surface area contributed by atoms with Crippen molar-refractivity contribution in [1.82, 2.24) is 0 Å². The van der Waals surface area contributed by atoms with Gasteiger partial charge in [0.25, 0.3) is 15.5 Å². The molecule has 0 radical (unpaired) electrons. The fourth-order valence-corrected chi connectivity index (χ4v) is 3.17. The molecule has 1 aliphatic rings. The molecule has 0 amide bonds. The maximum Gasteiger partial charge on any atom is 0.501 e. The zero-order chi connectivity index (χ0) is 18.2. The number of nitrogens with zero attached hydrogens (tertiary/aromatic N) is 1. The Bertz CT molecular complexity index is 739. The van der Waals surface area contributed by atoms with Gasteiger partial charge in [-0.1, -0.05) is 0 Å². The molecule has 0 bridgehead atoms. The summed E-state index contributed by atoms with van der Waals surface area (Å²) in [6.07, 6.45) is 2.45. The molecule has 1 saturated carbocycles. The number of anilines is 1. The molecule has 7 nitrogen and oxygen atoms in total. The van der Waals surface area contributed by atoms with Gasteiger partial charge in [0.2, 0.25) is 0 Å². The second kappa shape index (κ2) is 6.20. The fraction of sp³-hybridized carbons (Fsp3) is 0.538. The van der Waals surface area contributed by atoms with E-state index in [1.54, 1.807) is 0 Å². The van der Waals surface area contributed by atoms with Crippen molar-refractivity contribution in [3.63, 3.8) is 0 Å². The Morgan fingerprint density at radius 1 is 1.38 bits per heavy atom. The molecule has 1 aliphatic carbocycles. The highest BCUT2D eigenvalue weighted by Crippen LogP contribution is 2.37. The number of sulfone groups is 1. The summed E-state index contributed by atoms with van der Waals surface area (Å²) in [5.74, 6) is 0. The normalized spacial score (nSPS) is 17.2. The summed E-state index contributed by atoms with van der Waals surface area (Å²) in [6, 6.07) is 2.06. The second-order valence-electron chi connectivity index (χ2n) is 5.48. The SMILES string of the molecule is COC1(CNc2ccc(S(=O)(=O)C(F)(F)F)cc2[N+](=O)[O-])CCC1. The third-order valence-electron chi connectivity index (χ3n) is 4.08. The zero-order valence-electron chi connectivity index (χ0n) is 12.6. The smallest absolute Gasteiger partial charge is 0.377 e. The lowest BCUT2D eigenvalue weighted by Gasteiger charge is -2.40. The van der Waals surface area contributed by atoms with Gasteiger partial charge in [0.1, 0.15) is 5.69 Å². The Morgan fingerprint density at radius 2 is 2.00 bits per heavy atom. The summed E-state index contributed by atoms with van der Waals surface area (Å²) in [4.78, 5) is 8.98. The first kappa shape index (κ1) is 18.5. The number of halogens is 3. The topological polar surface area (TPSA) is 98.5 Å². The average Bonchev–Trinajstić information content (AvgIpc) is 2.45. The number of nitrogens with one attached hydrogen (secondary N) is 1. The van der Waals surface area contributed by atoms with E-state index in [-0.39, 0.29) is 12.2 Å². The van der Waals surface area contributed by atoms with Crippen LogP contribution in [0.25, 0.3) is 0 Å². The monoisotopic (exact) mass is 368 g/mol. The van der Waals surface area contributed by atoms with Crippen molar-refractivity contribution in [3.8, 4) is 0 Å². The van der Waals surface area contributed by atoms with Crippen LogP contribution in [0.2, 0.25) is 0 Å². The predicted molar refractivity (Wildman–Crippen MR) is 78.4 cm³/mol. The number of nitro groups is 1. The van der Waals surface area contributed by atoms with Crippen LogP contribution in [0.15, 0.2) is 23.1 Å². The first-order chi connectivity index (χ1) is 11.0. The van der Waals surface area contributed by atoms with Crippen LogP contribution in [0.1, 0.15) is 19.3 Å². The average molecular weight is 368 g/mol. The molecule has 0 atom stereocenters. The first-order valence-corrected chi connectivity index (χ1v) is 8.40. The number of methoxy groups -OCH3 is 1. The molecule has 1 N–H and O–H groups in total. The van der Waals surface area contributed by atoms with Gasteiger partial charge in [-0.25, -0.2) is 8.42 Å². The van der Waals surface area contributed by atoms with Crippen molar-refractivity contribution in [1.29, 1.82) is 0 Å². The van der Waals surface area contributed by atoms with Crippen molar-refractivity contribution in [2.24, 2.45) is 0 Å². The Labute approximate surface area is 135 Å². The molecule has 11 heteroatoms. The molecule has 134 valence electrons. The molecule has 0 spiro atoms. The van der Waals surface area contributed by atoms with E-state index in [9.17, 15) is 31.7 Å². The zero-order valence-corrected chi connectivity index (χ0v) is 13.4. The van der Waals surface area contributed by atoms with Gasteiger partial charge in [0.15, 0.2) is 0 Å². The Morgan fingerprint density at radius 3 is 2.42 bits per heavy atom. The fourth-order valence-electron chi connectivity index (χ4n) is 2.39. The molecule has 2 rings (SSSR count). The summed E-state index contributed by atoms with van der Waals surface area (Å²) in [5, 5.41) is 13.8. The number of benzene rings is 1. The summed E-state index contributed by atoms with van der Waals surface area (Å²) >= 11 is 0. The van der Waals surface area contributed by atoms with Crippen LogP contribution < -0.4 is 5.32 Å². The quantitative estimate of drug-likeness (QED) is 0.612. The highest BCUT2D eigenvalue weighted by atomic mass is 32.2. The van der Waals surface area contributed by atoms with Crippen LogP contribution in [0.3, 0.4) is 0 Å². The number of nitro benzene ring substituents is 1. The Balaban J connectivity index is 2.33. The van der Waals surface area contributed by atoms with Crippen LogP contribution in [-0.2, 0) is 14.6 Å². The van der Waals surface area contributed by atoms with Crippen LogP contribution in [0.4, 0.5) is 24.5 Å². The molecular formula is C13H15F3N2O5S. The highest BCUT2D eigenvalue weighted by Gasteiger charge is 2.47. The minimum Gasteiger partial charge on any atom is -0.377 e. The van der Waals surface area contributed by atoms with E-state index in [1.807, 2.05) is 0 Å². The van der Waals surface area contributed by atoms with Crippen molar-refractivity contribution < 1.29 is 31.2 Å². The van der Waals surface area contributed by atoms with Crippen molar-refractivity contribution in [2.75, 3.05) is 19.0 Å². The third kappa shape index (κ3) is 3.31. The van der Waals surface area contributed by atoms with Crippen LogP contribution >= 0.6 is 0 Å². The number of hydrogen-bond donors (Lipinski definition) is 1. The first-order valence-electron chi connectivity index (χ1n) is 6.91. The molecule has 1 fully saturated rings. The van der Waals surface area contributed by atoms with Gasteiger partial charge in [-0.05, 0) is 31.4 Å². The van der Waals surface area contributed by atoms with Gasteiger partial charge in [0, 0.05) is 19.7 Å². The Kier molecular flexibility index (Phi) is 4.77. The van der Waals surface area contributed by atoms with Crippen LogP contribution in [0.5, 0.6) is 0 Å². The third-order valence-corrected chi connectivity index (χ3v) is 5.56. The molecule has 0 aromatic heterocycles. The molecule has 0 aliphatic heterocycles. The van der Waals surface area contributed by atoms with E-state index >= 15 is 0 Å². The van der Waals surface area contributed by atoms with Crippen LogP contribution in [-0.4, -0.2) is 38.1 Å². The lowest BCUT2D eigenvalue weighted by Crippen LogP contribution is -2.45. The van der Waals surface area contributed by atoms with Gasteiger partial charge in [-0.3, -0.25) is 10.1 Å². The molecule has 0 unspecified atom stereocenters. The maximum atomic E-state index is 12.6. The van der Waals surface area contributed by atoms with Crippen molar-refractivity contribution in [2.45, 2.75) is 35.3 Å². The molecule has 1 aromatic carbocycles. The molecule has 24 heavy (non-hydrogen) atoms. The highest BCUT2D eigenvalue weighted by molar-refractivity contribution is 7.92. The summed E-state index contributed by atoms with van der Waals surface area (Å²) in [5.41, 5.74) is -6.80. The predicted octanol–water partition coefficient (Wildman–Crippen LogP) is 2.87. The molecular weight excluding hydrogens is 353 g/mol. The van der Waals surface area contributed by atoms with Crippen LogP contribution in [0, 0.1) is 10.1 Å². The van der Waals surface area contributed by atoms with Gasteiger partial charge in [0.05, 0.1) is 15.4 Å². The van der Waals surface area contributed by atoms with Gasteiger partial charge >= 0.3 is 5.51 Å². The summed E-state index contributed by atoms with van der Waals surface area (Å²) < 4.78 is 65.8. The minimum atomic E-state index is -5.65. The lowest BCUT2D eigenvalue weighted by atomic mass is 9.80. The minimum absolute atomic E-state index is 0.0653. The number of hydrogen-bond acceptors (Lipinski definition) is 6. The number of ether oxygens (including phenoxy) is 1. The van der Waals surface area contributed by atoms with Gasteiger partial charge in [-0.15, -0.1) is 0 Å². The largest absolute Gasteiger partial charge is 0.501 e. The van der Waals surface area contributed by atoms with E-state index in [2.05, 4.69) is 5.32 Å².